The van der Waals surface area contributed by atoms with Gasteiger partial charge in [0.15, 0.2) is 0 Å². The molecule has 90 valence electrons. The van der Waals surface area contributed by atoms with Gasteiger partial charge in [0.05, 0.1) is 27.2 Å². The molecule has 0 N–H and O–H groups in total. The van der Waals surface area contributed by atoms with Crippen molar-refractivity contribution >= 4 is 11.9 Å². The zero-order chi connectivity index (χ0) is 12.6. The van der Waals surface area contributed by atoms with Crippen LogP contribution in [0.3, 0.4) is 0 Å². The number of carbonyl (C=O) groups is 2. The van der Waals surface area contributed by atoms with Crippen LogP contribution < -0.4 is 0 Å². The molecule has 0 aliphatic heterocycles. The van der Waals surface area contributed by atoms with E-state index >= 15 is 0 Å². The molecular formula is C11H18NO4+. The molecule has 0 rings (SSSR count). The molecule has 0 aromatic heterocycles. The van der Waals surface area contributed by atoms with Crippen LogP contribution in [0, 0.1) is 0 Å². The van der Waals surface area contributed by atoms with E-state index < -0.39 is 11.9 Å². The fraction of sp³-hybridized carbons (Fsp3) is 0.455. The molecular weight excluding hydrogens is 210 g/mol. The third kappa shape index (κ3) is 8.96. The van der Waals surface area contributed by atoms with Crippen LogP contribution in [-0.2, 0) is 19.1 Å². The Morgan fingerprint density at radius 2 is 1.88 bits per heavy atom. The van der Waals surface area contributed by atoms with Crippen LogP contribution in [0.5, 0.6) is 0 Å². The number of likely N-dealkylation sites (N-methyl/N-ethyl adjacent to an activating group) is 1. The van der Waals surface area contributed by atoms with Crippen molar-refractivity contribution in [3.05, 3.63) is 25.0 Å². The average molecular weight is 228 g/mol. The number of nitrogens with zero attached hydrogens (tertiary/aromatic N) is 1. The lowest BCUT2D eigenvalue weighted by molar-refractivity contribution is -0.870. The molecule has 5 heteroatoms. The first-order valence-electron chi connectivity index (χ1n) is 4.82. The van der Waals surface area contributed by atoms with Gasteiger partial charge in [-0.15, -0.1) is 0 Å². The molecule has 5 nitrogen and oxygen atoms in total. The fourth-order valence-electron chi connectivity index (χ4n) is 0.673. The van der Waals surface area contributed by atoms with Gasteiger partial charge in [-0.25, -0.2) is 9.59 Å². The molecule has 0 fully saturated rings. The highest BCUT2D eigenvalue weighted by Crippen LogP contribution is 1.91. The molecule has 0 bridgehead atoms. The molecule has 0 saturated heterocycles. The molecule has 0 heterocycles. The predicted octanol–water partition coefficient (Wildman–Crippen LogP) is 0.479. The van der Waals surface area contributed by atoms with Crippen molar-refractivity contribution in [2.75, 3.05) is 34.3 Å². The third-order valence-corrected chi connectivity index (χ3v) is 1.56. The maximum Gasteiger partial charge on any atom is 0.334 e. The Kier molecular flexibility index (Phi) is 6.10. The Morgan fingerprint density at radius 1 is 1.25 bits per heavy atom. The van der Waals surface area contributed by atoms with Crippen LogP contribution in [0.2, 0.25) is 0 Å². The summed E-state index contributed by atoms with van der Waals surface area (Å²) >= 11 is 0. The highest BCUT2D eigenvalue weighted by atomic mass is 16.5. The van der Waals surface area contributed by atoms with Gasteiger partial charge in [-0.1, -0.05) is 6.58 Å². The van der Waals surface area contributed by atoms with E-state index in [1.54, 1.807) is 0 Å². The number of esters is 2. The maximum atomic E-state index is 11.1. The summed E-state index contributed by atoms with van der Waals surface area (Å²) in [6.45, 7) is 4.24. The van der Waals surface area contributed by atoms with Gasteiger partial charge in [-0.2, -0.15) is 0 Å². The Morgan fingerprint density at radius 3 is 2.38 bits per heavy atom. The van der Waals surface area contributed by atoms with Gasteiger partial charge in [-0.05, 0) is 0 Å². The van der Waals surface area contributed by atoms with Crippen LogP contribution in [0.15, 0.2) is 25.0 Å². The third-order valence-electron chi connectivity index (χ3n) is 1.56. The van der Waals surface area contributed by atoms with Crippen LogP contribution in [0.1, 0.15) is 0 Å². The lowest BCUT2D eigenvalue weighted by atomic mass is 10.5. The molecule has 0 spiro atoms. The fourth-order valence-corrected chi connectivity index (χ4v) is 0.673. The van der Waals surface area contributed by atoms with E-state index in [9.17, 15) is 9.59 Å². The monoisotopic (exact) mass is 228 g/mol. The zero-order valence-corrected chi connectivity index (χ0v) is 9.93. The van der Waals surface area contributed by atoms with Crippen LogP contribution in [0.25, 0.3) is 0 Å². The molecule has 0 aliphatic rings. The first-order chi connectivity index (χ1) is 7.35. The van der Waals surface area contributed by atoms with Crippen LogP contribution in [0.4, 0.5) is 0 Å². The van der Waals surface area contributed by atoms with Gasteiger partial charge in [0.1, 0.15) is 19.4 Å². The Labute approximate surface area is 95.5 Å². The average Bonchev–Trinajstić information content (AvgIpc) is 2.15. The molecule has 0 amide bonds. The van der Waals surface area contributed by atoms with E-state index in [0.717, 1.165) is 18.4 Å². The van der Waals surface area contributed by atoms with E-state index in [1.165, 1.54) is 0 Å². The highest BCUT2D eigenvalue weighted by Gasteiger charge is 2.07. The summed E-state index contributed by atoms with van der Waals surface area (Å²) in [4.78, 5) is 21.7. The summed E-state index contributed by atoms with van der Waals surface area (Å²) in [5.41, 5.74) is 0. The largest absolute Gasteiger partial charge is 0.456 e. The maximum absolute atomic E-state index is 11.1. The minimum atomic E-state index is -0.615. The van der Waals surface area contributed by atoms with Crippen LogP contribution >= 0.6 is 0 Å². The Bertz CT molecular complexity index is 289. The summed E-state index contributed by atoms with van der Waals surface area (Å²) in [5.74, 6) is -1.15. The van der Waals surface area contributed by atoms with Crippen molar-refractivity contribution < 1.29 is 23.5 Å². The lowest BCUT2D eigenvalue weighted by Crippen LogP contribution is -2.37. The molecule has 0 aliphatic carbocycles. The van der Waals surface area contributed by atoms with Crippen molar-refractivity contribution in [1.82, 2.24) is 0 Å². The smallest absolute Gasteiger partial charge is 0.334 e. The van der Waals surface area contributed by atoms with E-state index in [0.29, 0.717) is 17.6 Å². The topological polar surface area (TPSA) is 52.6 Å². The molecule has 0 saturated carbocycles. The summed E-state index contributed by atoms with van der Waals surface area (Å²) in [7, 11) is 5.99. The van der Waals surface area contributed by atoms with E-state index in [4.69, 9.17) is 4.74 Å². The summed E-state index contributed by atoms with van der Waals surface area (Å²) in [6, 6.07) is 0. The van der Waals surface area contributed by atoms with Gasteiger partial charge in [0.2, 0.25) is 0 Å². The van der Waals surface area contributed by atoms with Crippen LogP contribution in [-0.4, -0.2) is 50.7 Å². The standard InChI is InChI=1S/C11H18NO4/c1-5-10(13)15-8-6-11(14)16-9-7-12(2,3)4/h5-6,8H,1,7,9H2,2-4H3/q+1. The van der Waals surface area contributed by atoms with Crippen molar-refractivity contribution in [3.8, 4) is 0 Å². The summed E-state index contributed by atoms with van der Waals surface area (Å²) < 4.78 is 10.1. The lowest BCUT2D eigenvalue weighted by Gasteiger charge is -2.23. The minimum Gasteiger partial charge on any atom is -0.456 e. The van der Waals surface area contributed by atoms with E-state index in [-0.39, 0.29) is 0 Å². The quantitative estimate of drug-likeness (QED) is 0.287. The predicted molar refractivity (Wildman–Crippen MR) is 59.3 cm³/mol. The van der Waals surface area contributed by atoms with E-state index in [2.05, 4.69) is 11.3 Å². The molecule has 0 atom stereocenters. The zero-order valence-electron chi connectivity index (χ0n) is 9.93. The van der Waals surface area contributed by atoms with Gasteiger partial charge in [0.25, 0.3) is 0 Å². The van der Waals surface area contributed by atoms with Gasteiger partial charge in [-0.3, -0.25) is 0 Å². The number of ether oxygens (including phenoxy) is 2. The second-order valence-electron chi connectivity index (χ2n) is 4.13. The number of carbonyl (C=O) groups excluding carboxylic acids is 2. The SMILES string of the molecule is C=CC(=O)OC=CC(=O)OCC[N+](C)(C)C. The molecule has 0 aromatic carbocycles. The first kappa shape index (κ1) is 14.4. The molecule has 0 radical (unpaired) electrons. The number of quaternary nitrogens is 1. The summed E-state index contributed by atoms with van der Waals surface area (Å²) in [5, 5.41) is 0. The second kappa shape index (κ2) is 6.79. The molecule has 16 heavy (non-hydrogen) atoms. The summed E-state index contributed by atoms with van der Waals surface area (Å²) in [6.07, 6.45) is 3.04. The number of rotatable bonds is 6. The molecule has 0 aromatic rings. The van der Waals surface area contributed by atoms with Gasteiger partial charge < -0.3 is 14.0 Å². The van der Waals surface area contributed by atoms with Crippen molar-refractivity contribution in [3.63, 3.8) is 0 Å². The van der Waals surface area contributed by atoms with Crippen molar-refractivity contribution in [1.29, 1.82) is 0 Å². The normalized spacial score (nSPS) is 11.2. The highest BCUT2D eigenvalue weighted by molar-refractivity contribution is 5.84. The minimum absolute atomic E-state index is 0.322. The number of hydrogen-bond donors (Lipinski definition) is 0. The molecule has 0 unspecified atom stereocenters. The Balaban J connectivity index is 3.74. The number of hydrogen-bond acceptors (Lipinski definition) is 4. The second-order valence-corrected chi connectivity index (χ2v) is 4.13. The van der Waals surface area contributed by atoms with E-state index in [1.807, 2.05) is 21.1 Å². The first-order valence-corrected chi connectivity index (χ1v) is 4.82. The van der Waals surface area contributed by atoms with Gasteiger partial charge >= 0.3 is 11.9 Å². The van der Waals surface area contributed by atoms with Crippen molar-refractivity contribution in [2.45, 2.75) is 0 Å². The Hall–Kier alpha value is -1.62. The van der Waals surface area contributed by atoms with Gasteiger partial charge in [0, 0.05) is 6.08 Å². The van der Waals surface area contributed by atoms with Crippen molar-refractivity contribution in [2.24, 2.45) is 0 Å².